The van der Waals surface area contributed by atoms with Crippen molar-refractivity contribution < 1.29 is 13.5 Å². The normalized spacial score (nSPS) is 13.3. The van der Waals surface area contributed by atoms with E-state index in [1.807, 2.05) is 6.92 Å². The van der Waals surface area contributed by atoms with Gasteiger partial charge < -0.3 is 5.11 Å². The quantitative estimate of drug-likeness (QED) is 0.912. The third-order valence-electron chi connectivity index (χ3n) is 3.07. The summed E-state index contributed by atoms with van der Waals surface area (Å²) in [6.07, 6.45) is 2.81. The molecule has 6 heteroatoms. The number of rotatable bonds is 5. The molecule has 5 nitrogen and oxygen atoms in total. The van der Waals surface area contributed by atoms with Crippen molar-refractivity contribution >= 4 is 9.84 Å². The monoisotopic (exact) mass is 294 g/mol. The predicted octanol–water partition coefficient (Wildman–Crippen LogP) is 1.78. The summed E-state index contributed by atoms with van der Waals surface area (Å²) in [6, 6.07) is 8.11. The highest BCUT2D eigenvalue weighted by molar-refractivity contribution is 7.90. The molecule has 0 aliphatic carbocycles. The molecule has 0 saturated carbocycles. The van der Waals surface area contributed by atoms with Gasteiger partial charge in [0.25, 0.3) is 0 Å². The zero-order chi connectivity index (χ0) is 14.8. The van der Waals surface area contributed by atoms with Crippen molar-refractivity contribution in [1.29, 1.82) is 0 Å². The van der Waals surface area contributed by atoms with Gasteiger partial charge in [0.2, 0.25) is 0 Å². The SMILES string of the molecule is CCCn1nccc1C(O)c1cccc(S(C)(=O)=O)c1. The van der Waals surface area contributed by atoms with Crippen LogP contribution < -0.4 is 0 Å². The summed E-state index contributed by atoms with van der Waals surface area (Å²) in [6.45, 7) is 2.74. The third kappa shape index (κ3) is 3.08. The molecular formula is C14H18N2O3S. The van der Waals surface area contributed by atoms with E-state index in [1.54, 1.807) is 29.1 Å². The van der Waals surface area contributed by atoms with Gasteiger partial charge in [-0.05, 0) is 30.2 Å². The minimum absolute atomic E-state index is 0.204. The van der Waals surface area contributed by atoms with Crippen LogP contribution in [-0.4, -0.2) is 29.6 Å². The summed E-state index contributed by atoms with van der Waals surface area (Å²) in [5, 5.41) is 14.6. The Bertz CT molecular complexity index is 692. The van der Waals surface area contributed by atoms with E-state index >= 15 is 0 Å². The Hall–Kier alpha value is -1.66. The van der Waals surface area contributed by atoms with Gasteiger partial charge in [-0.2, -0.15) is 5.10 Å². The summed E-state index contributed by atoms with van der Waals surface area (Å²) >= 11 is 0. The van der Waals surface area contributed by atoms with Gasteiger partial charge in [0.15, 0.2) is 9.84 Å². The van der Waals surface area contributed by atoms with E-state index in [0.717, 1.165) is 12.7 Å². The smallest absolute Gasteiger partial charge is 0.175 e. The maximum Gasteiger partial charge on any atom is 0.175 e. The number of aliphatic hydroxyl groups is 1. The zero-order valence-electron chi connectivity index (χ0n) is 11.5. The van der Waals surface area contributed by atoms with Crippen LogP contribution in [0.1, 0.15) is 30.7 Å². The highest BCUT2D eigenvalue weighted by atomic mass is 32.2. The number of sulfone groups is 1. The molecule has 108 valence electrons. The molecule has 1 unspecified atom stereocenters. The number of aromatic nitrogens is 2. The second-order valence-corrected chi connectivity index (χ2v) is 6.74. The van der Waals surface area contributed by atoms with Crippen LogP contribution in [0.25, 0.3) is 0 Å². The van der Waals surface area contributed by atoms with Gasteiger partial charge in [0, 0.05) is 19.0 Å². The third-order valence-corrected chi connectivity index (χ3v) is 4.18. The van der Waals surface area contributed by atoms with Gasteiger partial charge in [-0.25, -0.2) is 8.42 Å². The average molecular weight is 294 g/mol. The first-order valence-corrected chi connectivity index (χ1v) is 8.32. The molecule has 2 rings (SSSR count). The molecule has 1 N–H and O–H groups in total. The van der Waals surface area contributed by atoms with Gasteiger partial charge in [0.1, 0.15) is 6.10 Å². The largest absolute Gasteiger partial charge is 0.382 e. The highest BCUT2D eigenvalue weighted by Crippen LogP contribution is 2.24. The fourth-order valence-corrected chi connectivity index (χ4v) is 2.74. The molecule has 1 heterocycles. The Labute approximate surface area is 118 Å². The second-order valence-electron chi connectivity index (χ2n) is 4.73. The van der Waals surface area contributed by atoms with E-state index in [-0.39, 0.29) is 4.90 Å². The lowest BCUT2D eigenvalue weighted by Gasteiger charge is -2.14. The fourth-order valence-electron chi connectivity index (χ4n) is 2.06. The fraction of sp³-hybridized carbons (Fsp3) is 0.357. The summed E-state index contributed by atoms with van der Waals surface area (Å²) in [5.41, 5.74) is 1.21. The Morgan fingerprint density at radius 2 is 2.10 bits per heavy atom. The molecule has 1 atom stereocenters. The Kier molecular flexibility index (Phi) is 4.25. The topological polar surface area (TPSA) is 72.2 Å². The molecule has 20 heavy (non-hydrogen) atoms. The van der Waals surface area contributed by atoms with E-state index in [1.165, 1.54) is 12.1 Å². The van der Waals surface area contributed by atoms with E-state index in [9.17, 15) is 13.5 Å². The molecule has 0 amide bonds. The van der Waals surface area contributed by atoms with Crippen molar-refractivity contribution in [2.24, 2.45) is 0 Å². The molecule has 0 radical (unpaired) electrons. The number of aliphatic hydroxyl groups excluding tert-OH is 1. The standard InChI is InChI=1S/C14H18N2O3S/c1-3-9-16-13(7-8-15-16)14(17)11-5-4-6-12(10-11)20(2,18)19/h4-8,10,14,17H,3,9H2,1-2H3. The van der Waals surface area contributed by atoms with Crippen LogP contribution in [0.15, 0.2) is 41.4 Å². The highest BCUT2D eigenvalue weighted by Gasteiger charge is 2.17. The number of hydrogen-bond acceptors (Lipinski definition) is 4. The second kappa shape index (κ2) is 5.76. The van der Waals surface area contributed by atoms with Crippen LogP contribution in [0.3, 0.4) is 0 Å². The number of hydrogen-bond donors (Lipinski definition) is 1. The molecule has 0 aliphatic heterocycles. The van der Waals surface area contributed by atoms with E-state index in [0.29, 0.717) is 17.8 Å². The van der Waals surface area contributed by atoms with Crippen molar-refractivity contribution in [1.82, 2.24) is 9.78 Å². The predicted molar refractivity (Wildman–Crippen MR) is 76.1 cm³/mol. The summed E-state index contributed by atoms with van der Waals surface area (Å²) < 4.78 is 24.9. The van der Waals surface area contributed by atoms with Crippen LogP contribution in [-0.2, 0) is 16.4 Å². The molecule has 2 aromatic rings. The van der Waals surface area contributed by atoms with Crippen LogP contribution >= 0.6 is 0 Å². The van der Waals surface area contributed by atoms with E-state index in [2.05, 4.69) is 5.10 Å². The molecule has 0 aliphatic rings. The van der Waals surface area contributed by atoms with Crippen molar-refractivity contribution in [3.05, 3.63) is 47.8 Å². The number of aryl methyl sites for hydroxylation is 1. The number of benzene rings is 1. The minimum Gasteiger partial charge on any atom is -0.382 e. The van der Waals surface area contributed by atoms with Crippen LogP contribution in [0.5, 0.6) is 0 Å². The molecular weight excluding hydrogens is 276 g/mol. The molecule has 0 saturated heterocycles. The van der Waals surface area contributed by atoms with Crippen LogP contribution in [0.2, 0.25) is 0 Å². The van der Waals surface area contributed by atoms with Gasteiger partial charge in [-0.15, -0.1) is 0 Å². The van der Waals surface area contributed by atoms with E-state index < -0.39 is 15.9 Å². The lowest BCUT2D eigenvalue weighted by atomic mass is 10.1. The molecule has 1 aromatic heterocycles. The minimum atomic E-state index is -3.28. The Morgan fingerprint density at radius 3 is 2.75 bits per heavy atom. The average Bonchev–Trinajstić information content (AvgIpc) is 2.86. The summed E-state index contributed by atoms with van der Waals surface area (Å²) in [7, 11) is -3.28. The molecule has 0 bridgehead atoms. The first-order chi connectivity index (χ1) is 9.43. The van der Waals surface area contributed by atoms with Gasteiger partial charge in [-0.3, -0.25) is 4.68 Å². The maximum atomic E-state index is 11.6. The van der Waals surface area contributed by atoms with Crippen molar-refractivity contribution in [2.45, 2.75) is 30.9 Å². The van der Waals surface area contributed by atoms with Crippen molar-refractivity contribution in [3.63, 3.8) is 0 Å². The summed E-state index contributed by atoms with van der Waals surface area (Å²) in [5.74, 6) is 0. The van der Waals surface area contributed by atoms with E-state index in [4.69, 9.17) is 0 Å². The van der Waals surface area contributed by atoms with Crippen molar-refractivity contribution in [3.8, 4) is 0 Å². The van der Waals surface area contributed by atoms with Gasteiger partial charge >= 0.3 is 0 Å². The maximum absolute atomic E-state index is 11.6. The van der Waals surface area contributed by atoms with Gasteiger partial charge in [-0.1, -0.05) is 19.1 Å². The van der Waals surface area contributed by atoms with Crippen LogP contribution in [0.4, 0.5) is 0 Å². The lowest BCUT2D eigenvalue weighted by Crippen LogP contribution is -2.10. The Morgan fingerprint density at radius 1 is 1.35 bits per heavy atom. The van der Waals surface area contributed by atoms with Gasteiger partial charge in [0.05, 0.1) is 10.6 Å². The van der Waals surface area contributed by atoms with Crippen molar-refractivity contribution in [2.75, 3.05) is 6.26 Å². The molecule has 0 fully saturated rings. The Balaban J connectivity index is 2.38. The summed E-state index contributed by atoms with van der Waals surface area (Å²) in [4.78, 5) is 0.204. The number of nitrogens with zero attached hydrogens (tertiary/aromatic N) is 2. The molecule has 0 spiro atoms. The lowest BCUT2D eigenvalue weighted by molar-refractivity contribution is 0.207. The molecule has 1 aromatic carbocycles. The van der Waals surface area contributed by atoms with Crippen LogP contribution in [0, 0.1) is 0 Å². The first-order valence-electron chi connectivity index (χ1n) is 6.43. The first kappa shape index (κ1) is 14.7. The zero-order valence-corrected chi connectivity index (χ0v) is 12.3.